The number of hydrogen-bond acceptors (Lipinski definition) is 3. The van der Waals surface area contributed by atoms with Gasteiger partial charge in [0.05, 0.1) is 13.2 Å². The van der Waals surface area contributed by atoms with Gasteiger partial charge in [0.25, 0.3) is 0 Å². The van der Waals surface area contributed by atoms with E-state index < -0.39 is 0 Å². The molecule has 0 bridgehead atoms. The molecule has 0 amide bonds. The van der Waals surface area contributed by atoms with Gasteiger partial charge in [-0.2, -0.15) is 0 Å². The molecule has 0 aliphatic heterocycles. The van der Waals surface area contributed by atoms with Crippen LogP contribution in [-0.2, 0) is 11.3 Å². The summed E-state index contributed by atoms with van der Waals surface area (Å²) in [6.45, 7) is 8.38. The molecule has 1 aliphatic carbocycles. The number of aliphatic hydroxyl groups excluding tert-OH is 2. The van der Waals surface area contributed by atoms with Crippen molar-refractivity contribution in [2.45, 2.75) is 40.2 Å². The Labute approximate surface area is 129 Å². The maximum atomic E-state index is 9.01. The lowest BCUT2D eigenvalue weighted by Crippen LogP contribution is -2.47. The number of aliphatic hydroxyl groups is 2. The van der Waals surface area contributed by atoms with E-state index in [1.54, 1.807) is 6.92 Å². The minimum Gasteiger partial charge on any atom is -0.397 e. The molecule has 2 atom stereocenters. The van der Waals surface area contributed by atoms with E-state index in [4.69, 9.17) is 14.9 Å². The van der Waals surface area contributed by atoms with Crippen LogP contribution in [-0.4, -0.2) is 30.0 Å². The lowest BCUT2D eigenvalue weighted by atomic mass is 9.54. The molecule has 0 aromatic heterocycles. The monoisotopic (exact) mass is 294 g/mol. The number of hydrogen-bond donors (Lipinski definition) is 2. The average molecular weight is 294 g/mol. The molecule has 0 saturated heterocycles. The minimum absolute atomic E-state index is 0.250. The number of rotatable bonds is 6. The summed E-state index contributed by atoms with van der Waals surface area (Å²) in [5.41, 5.74) is 1.56. The summed E-state index contributed by atoms with van der Waals surface area (Å²) in [4.78, 5) is 0. The maximum Gasteiger partial charge on any atom is 0.0717 e. The third kappa shape index (κ3) is 5.42. The Hall–Kier alpha value is -0.900. The Balaban J connectivity index is 0.000000677. The molecule has 120 valence electrons. The van der Waals surface area contributed by atoms with E-state index in [1.165, 1.54) is 12.0 Å². The van der Waals surface area contributed by atoms with Gasteiger partial charge in [0.2, 0.25) is 0 Å². The molecule has 3 heteroatoms. The van der Waals surface area contributed by atoms with Crippen molar-refractivity contribution < 1.29 is 14.9 Å². The van der Waals surface area contributed by atoms with Crippen molar-refractivity contribution in [3.05, 3.63) is 35.9 Å². The van der Waals surface area contributed by atoms with Gasteiger partial charge in [-0.05, 0) is 42.6 Å². The van der Waals surface area contributed by atoms with Crippen molar-refractivity contribution in [1.82, 2.24) is 0 Å². The maximum absolute atomic E-state index is 9.01. The van der Waals surface area contributed by atoms with Crippen molar-refractivity contribution in [2.75, 3.05) is 19.8 Å². The van der Waals surface area contributed by atoms with Crippen LogP contribution in [0, 0.1) is 17.3 Å². The van der Waals surface area contributed by atoms with Crippen LogP contribution in [0.15, 0.2) is 30.3 Å². The second kappa shape index (κ2) is 9.19. The van der Waals surface area contributed by atoms with Gasteiger partial charge in [0.1, 0.15) is 0 Å². The van der Waals surface area contributed by atoms with Gasteiger partial charge < -0.3 is 14.9 Å². The average Bonchev–Trinajstić information content (AvgIpc) is 2.47. The first-order chi connectivity index (χ1) is 10.1. The third-order valence-corrected chi connectivity index (χ3v) is 4.58. The molecule has 2 rings (SSSR count). The van der Waals surface area contributed by atoms with Crippen molar-refractivity contribution in [2.24, 2.45) is 17.3 Å². The summed E-state index contributed by atoms with van der Waals surface area (Å²) in [7, 11) is 0. The Morgan fingerprint density at radius 3 is 2.29 bits per heavy atom. The molecule has 0 radical (unpaired) electrons. The van der Waals surface area contributed by atoms with Gasteiger partial charge in [-0.1, -0.05) is 44.2 Å². The van der Waals surface area contributed by atoms with Gasteiger partial charge in [-0.25, -0.2) is 0 Å². The van der Waals surface area contributed by atoms with Crippen molar-refractivity contribution >= 4 is 0 Å². The van der Waals surface area contributed by atoms with E-state index in [0.29, 0.717) is 30.5 Å². The summed E-state index contributed by atoms with van der Waals surface area (Å²) in [5.74, 6) is 1.30. The Bertz CT molecular complexity index is 375. The van der Waals surface area contributed by atoms with Gasteiger partial charge in [-0.3, -0.25) is 0 Å². The predicted molar refractivity (Wildman–Crippen MR) is 85.9 cm³/mol. The molecular weight excluding hydrogens is 264 g/mol. The highest BCUT2D eigenvalue weighted by Crippen LogP contribution is 2.52. The van der Waals surface area contributed by atoms with E-state index in [1.807, 2.05) is 18.2 Å². The van der Waals surface area contributed by atoms with Crippen LogP contribution in [0.3, 0.4) is 0 Å². The number of benzene rings is 1. The zero-order chi connectivity index (χ0) is 15.7. The van der Waals surface area contributed by atoms with E-state index in [9.17, 15) is 0 Å². The Morgan fingerprint density at radius 1 is 1.14 bits per heavy atom. The summed E-state index contributed by atoms with van der Waals surface area (Å²) < 4.78 is 5.82. The van der Waals surface area contributed by atoms with E-state index in [0.717, 1.165) is 13.0 Å². The summed E-state index contributed by atoms with van der Waals surface area (Å²) in [5, 5.41) is 16.6. The van der Waals surface area contributed by atoms with Crippen molar-refractivity contribution in [3.63, 3.8) is 0 Å². The largest absolute Gasteiger partial charge is 0.397 e. The van der Waals surface area contributed by atoms with Crippen LogP contribution >= 0.6 is 0 Å². The highest BCUT2D eigenvalue weighted by atomic mass is 16.5. The fourth-order valence-corrected chi connectivity index (χ4v) is 2.95. The summed E-state index contributed by atoms with van der Waals surface area (Å²) in [6, 6.07) is 10.3. The third-order valence-electron chi connectivity index (χ3n) is 4.58. The van der Waals surface area contributed by atoms with Crippen molar-refractivity contribution in [3.8, 4) is 0 Å². The quantitative estimate of drug-likeness (QED) is 0.847. The highest BCUT2D eigenvalue weighted by molar-refractivity contribution is 5.13. The fraction of sp³-hybridized carbons (Fsp3) is 0.667. The lowest BCUT2D eigenvalue weighted by molar-refractivity contribution is -0.0823. The van der Waals surface area contributed by atoms with Crippen LogP contribution in [0.5, 0.6) is 0 Å². The SMILES string of the molecule is CC1(C)[C@H](COCc2ccccc2)C[C@@H]1CCO.CCO. The molecule has 1 aliphatic rings. The van der Waals surface area contributed by atoms with E-state index in [-0.39, 0.29) is 6.61 Å². The second-order valence-electron chi connectivity index (χ2n) is 6.28. The second-order valence-corrected chi connectivity index (χ2v) is 6.28. The Morgan fingerprint density at radius 2 is 1.76 bits per heavy atom. The van der Waals surface area contributed by atoms with Crippen molar-refractivity contribution in [1.29, 1.82) is 0 Å². The van der Waals surface area contributed by atoms with E-state index in [2.05, 4.69) is 26.0 Å². The number of ether oxygens (including phenoxy) is 1. The fourth-order valence-electron chi connectivity index (χ4n) is 2.95. The van der Waals surface area contributed by atoms with Gasteiger partial charge in [0, 0.05) is 13.2 Å². The highest BCUT2D eigenvalue weighted by Gasteiger charge is 2.47. The molecule has 1 saturated carbocycles. The van der Waals surface area contributed by atoms with Gasteiger partial charge >= 0.3 is 0 Å². The molecule has 0 spiro atoms. The topological polar surface area (TPSA) is 49.7 Å². The summed E-state index contributed by atoms with van der Waals surface area (Å²) in [6.07, 6.45) is 2.13. The van der Waals surface area contributed by atoms with Crippen LogP contribution < -0.4 is 0 Å². The summed E-state index contributed by atoms with van der Waals surface area (Å²) >= 11 is 0. The van der Waals surface area contributed by atoms with Crippen LogP contribution in [0.25, 0.3) is 0 Å². The molecule has 0 heterocycles. The van der Waals surface area contributed by atoms with Crippen LogP contribution in [0.4, 0.5) is 0 Å². The minimum atomic E-state index is 0.250. The van der Waals surface area contributed by atoms with E-state index >= 15 is 0 Å². The zero-order valence-corrected chi connectivity index (χ0v) is 13.6. The first-order valence-corrected chi connectivity index (χ1v) is 7.89. The van der Waals surface area contributed by atoms with Gasteiger partial charge in [0.15, 0.2) is 0 Å². The molecule has 0 unspecified atom stereocenters. The van der Waals surface area contributed by atoms with Crippen LogP contribution in [0.1, 0.15) is 39.2 Å². The molecule has 1 aromatic carbocycles. The zero-order valence-electron chi connectivity index (χ0n) is 13.6. The molecule has 2 N–H and O–H groups in total. The molecular formula is C18H30O3. The smallest absolute Gasteiger partial charge is 0.0717 e. The molecule has 3 nitrogen and oxygen atoms in total. The van der Waals surface area contributed by atoms with Gasteiger partial charge in [-0.15, -0.1) is 0 Å². The molecule has 1 fully saturated rings. The van der Waals surface area contributed by atoms with Crippen LogP contribution in [0.2, 0.25) is 0 Å². The first-order valence-electron chi connectivity index (χ1n) is 7.89. The predicted octanol–water partition coefficient (Wildman–Crippen LogP) is 3.25. The molecule has 1 aromatic rings. The Kier molecular flexibility index (Phi) is 7.94. The standard InChI is InChI=1S/C16H24O2.C2H6O/c1-16(2)14(8-9-17)10-15(16)12-18-11-13-6-4-3-5-7-13;1-2-3/h3-7,14-15,17H,8-12H2,1-2H3;3H,2H2,1H3/t14-,15-;/m0./s1. The normalized spacial score (nSPS) is 22.9. The molecule has 21 heavy (non-hydrogen) atoms. The lowest BCUT2D eigenvalue weighted by Gasteiger charge is -2.52. The first kappa shape index (κ1) is 18.1.